The first-order valence-corrected chi connectivity index (χ1v) is 11.9. The van der Waals surface area contributed by atoms with Gasteiger partial charge in [0.1, 0.15) is 11.5 Å². The zero-order valence-electron chi connectivity index (χ0n) is 19.1. The molecule has 174 valence electrons. The molecule has 1 heterocycles. The van der Waals surface area contributed by atoms with Crippen LogP contribution in [0.2, 0.25) is 0 Å². The number of amides is 2. The number of thioether (sulfide) groups is 1. The molecule has 0 atom stereocenters. The van der Waals surface area contributed by atoms with E-state index >= 15 is 0 Å². The van der Waals surface area contributed by atoms with Crippen LogP contribution in [0.3, 0.4) is 0 Å². The van der Waals surface area contributed by atoms with Gasteiger partial charge in [-0.2, -0.15) is 0 Å². The Labute approximate surface area is 201 Å². The highest BCUT2D eigenvalue weighted by Gasteiger charge is 2.16. The van der Waals surface area contributed by atoms with Gasteiger partial charge in [0.2, 0.25) is 11.0 Å². The topological polar surface area (TPSA) is 102 Å². The van der Waals surface area contributed by atoms with Gasteiger partial charge in [-0.25, -0.2) is 0 Å². The Bertz CT molecular complexity index is 1120. The van der Waals surface area contributed by atoms with E-state index in [2.05, 4.69) is 41.6 Å². The molecule has 10 heteroatoms. The lowest BCUT2D eigenvalue weighted by atomic mass is 9.87. The van der Waals surface area contributed by atoms with Gasteiger partial charge < -0.3 is 14.8 Å². The van der Waals surface area contributed by atoms with Gasteiger partial charge >= 0.3 is 0 Å². The molecular weight excluding hydrogens is 460 g/mol. The van der Waals surface area contributed by atoms with E-state index in [4.69, 9.17) is 9.47 Å². The first-order chi connectivity index (χ1) is 15.7. The molecular formula is C23H26N4O4S2. The van der Waals surface area contributed by atoms with Crippen LogP contribution in [0.5, 0.6) is 11.5 Å². The van der Waals surface area contributed by atoms with Crippen LogP contribution in [-0.2, 0) is 10.2 Å². The fourth-order valence-corrected chi connectivity index (χ4v) is 4.38. The number of ether oxygens (including phenoxy) is 2. The number of nitrogens with zero attached hydrogens (tertiary/aromatic N) is 2. The molecule has 8 nitrogen and oxygen atoms in total. The zero-order chi connectivity index (χ0) is 24.0. The lowest BCUT2D eigenvalue weighted by Gasteiger charge is -2.18. The Morgan fingerprint density at radius 1 is 1.00 bits per heavy atom. The van der Waals surface area contributed by atoms with Crippen molar-refractivity contribution in [2.24, 2.45) is 0 Å². The number of aromatic nitrogens is 2. The molecule has 3 aromatic rings. The number of hydrogen-bond acceptors (Lipinski definition) is 8. The molecule has 0 bridgehead atoms. The average molecular weight is 487 g/mol. The van der Waals surface area contributed by atoms with Crippen molar-refractivity contribution in [1.29, 1.82) is 0 Å². The molecule has 1 aromatic heterocycles. The van der Waals surface area contributed by atoms with Gasteiger partial charge in [0, 0.05) is 11.6 Å². The predicted octanol–water partition coefficient (Wildman–Crippen LogP) is 4.84. The highest BCUT2D eigenvalue weighted by Crippen LogP contribution is 2.30. The van der Waals surface area contributed by atoms with Crippen LogP contribution >= 0.6 is 23.1 Å². The van der Waals surface area contributed by atoms with Crippen molar-refractivity contribution in [3.05, 3.63) is 53.6 Å². The van der Waals surface area contributed by atoms with Gasteiger partial charge in [0.25, 0.3) is 5.91 Å². The Kier molecular flexibility index (Phi) is 7.93. The Morgan fingerprint density at radius 3 is 2.36 bits per heavy atom. The van der Waals surface area contributed by atoms with Crippen molar-refractivity contribution in [3.63, 3.8) is 0 Å². The van der Waals surface area contributed by atoms with E-state index in [1.165, 1.54) is 30.2 Å². The standard InChI is InChI=1S/C23H26N4O4S2/c1-23(2,3)15-8-6-14(7-9-15)20(29)25-21-26-27-22(33-21)32-13-19(28)24-17-12-16(30-4)10-11-18(17)31-5/h6-12H,13H2,1-5H3,(H,24,28)(H,25,26,29). The van der Waals surface area contributed by atoms with E-state index in [1.807, 2.05) is 12.1 Å². The summed E-state index contributed by atoms with van der Waals surface area (Å²) in [7, 11) is 3.08. The molecule has 0 unspecified atom stereocenters. The quantitative estimate of drug-likeness (QED) is 0.347. The van der Waals surface area contributed by atoms with Crippen LogP contribution in [0, 0.1) is 0 Å². The van der Waals surface area contributed by atoms with Crippen LogP contribution in [0.4, 0.5) is 10.8 Å². The Balaban J connectivity index is 1.54. The highest BCUT2D eigenvalue weighted by molar-refractivity contribution is 8.01. The number of rotatable bonds is 8. The summed E-state index contributed by atoms with van der Waals surface area (Å²) in [4.78, 5) is 24.9. The molecule has 33 heavy (non-hydrogen) atoms. The zero-order valence-corrected chi connectivity index (χ0v) is 20.7. The molecule has 0 aliphatic rings. The second kappa shape index (κ2) is 10.7. The summed E-state index contributed by atoms with van der Waals surface area (Å²) in [5.74, 6) is 0.774. The number of carbonyl (C=O) groups is 2. The molecule has 0 saturated carbocycles. The van der Waals surface area contributed by atoms with Gasteiger partial charge in [-0.1, -0.05) is 56.0 Å². The van der Waals surface area contributed by atoms with Crippen molar-refractivity contribution in [2.75, 3.05) is 30.6 Å². The second-order valence-corrected chi connectivity index (χ2v) is 10.3. The summed E-state index contributed by atoms with van der Waals surface area (Å²) in [5, 5.41) is 14.0. The third kappa shape index (κ3) is 6.69. The molecule has 2 N–H and O–H groups in total. The summed E-state index contributed by atoms with van der Waals surface area (Å²) < 4.78 is 11.0. The molecule has 0 aliphatic carbocycles. The molecule has 0 spiro atoms. The summed E-state index contributed by atoms with van der Waals surface area (Å²) >= 11 is 2.44. The number of hydrogen-bond donors (Lipinski definition) is 2. The molecule has 3 rings (SSSR count). The smallest absolute Gasteiger partial charge is 0.257 e. The van der Waals surface area contributed by atoms with Gasteiger partial charge in [-0.15, -0.1) is 10.2 Å². The minimum absolute atomic E-state index is 0.0182. The maximum Gasteiger partial charge on any atom is 0.257 e. The van der Waals surface area contributed by atoms with Crippen LogP contribution in [0.15, 0.2) is 46.8 Å². The second-order valence-electron chi connectivity index (χ2n) is 8.06. The van der Waals surface area contributed by atoms with Crippen LogP contribution in [0.25, 0.3) is 0 Å². The van der Waals surface area contributed by atoms with Crippen molar-refractivity contribution in [3.8, 4) is 11.5 Å². The van der Waals surface area contributed by atoms with Gasteiger partial charge in [-0.3, -0.25) is 14.9 Å². The maximum absolute atomic E-state index is 12.5. The maximum atomic E-state index is 12.5. The van der Waals surface area contributed by atoms with E-state index in [1.54, 1.807) is 37.4 Å². The summed E-state index contributed by atoms with van der Waals surface area (Å²) in [6.07, 6.45) is 0. The molecule has 2 amide bonds. The van der Waals surface area contributed by atoms with Crippen molar-refractivity contribution in [1.82, 2.24) is 10.2 Å². The largest absolute Gasteiger partial charge is 0.497 e. The monoisotopic (exact) mass is 486 g/mol. The average Bonchev–Trinajstić information content (AvgIpc) is 3.24. The number of nitrogens with one attached hydrogen (secondary N) is 2. The van der Waals surface area contributed by atoms with E-state index in [-0.39, 0.29) is 23.0 Å². The van der Waals surface area contributed by atoms with Crippen molar-refractivity contribution in [2.45, 2.75) is 30.5 Å². The first kappa shape index (κ1) is 24.5. The van der Waals surface area contributed by atoms with Crippen LogP contribution < -0.4 is 20.1 Å². The number of benzene rings is 2. The molecule has 2 aromatic carbocycles. The fraction of sp³-hybridized carbons (Fsp3) is 0.304. The van der Waals surface area contributed by atoms with E-state index in [9.17, 15) is 9.59 Å². The summed E-state index contributed by atoms with van der Waals surface area (Å²) in [6.45, 7) is 6.36. The third-order valence-electron chi connectivity index (χ3n) is 4.65. The van der Waals surface area contributed by atoms with E-state index in [0.29, 0.717) is 32.2 Å². The number of carbonyl (C=O) groups excluding carboxylic acids is 2. The van der Waals surface area contributed by atoms with Crippen molar-refractivity contribution >= 4 is 45.7 Å². The number of methoxy groups -OCH3 is 2. The SMILES string of the molecule is COc1ccc(OC)c(NC(=O)CSc2nnc(NC(=O)c3ccc(C(C)(C)C)cc3)s2)c1. The Hall–Kier alpha value is -3.11. The first-order valence-electron chi connectivity index (χ1n) is 10.1. The summed E-state index contributed by atoms with van der Waals surface area (Å²) in [5.41, 5.74) is 2.23. The minimum atomic E-state index is -0.258. The fourth-order valence-electron chi connectivity index (χ4n) is 2.83. The minimum Gasteiger partial charge on any atom is -0.497 e. The van der Waals surface area contributed by atoms with Gasteiger partial charge in [0.15, 0.2) is 4.34 Å². The van der Waals surface area contributed by atoms with E-state index < -0.39 is 0 Å². The van der Waals surface area contributed by atoms with Crippen LogP contribution in [0.1, 0.15) is 36.7 Å². The lowest BCUT2D eigenvalue weighted by Crippen LogP contribution is -2.14. The third-order valence-corrected chi connectivity index (χ3v) is 6.62. The van der Waals surface area contributed by atoms with Gasteiger partial charge in [-0.05, 0) is 35.2 Å². The molecule has 0 radical (unpaired) electrons. The normalized spacial score (nSPS) is 11.1. The highest BCUT2D eigenvalue weighted by atomic mass is 32.2. The number of anilines is 2. The molecule has 0 saturated heterocycles. The predicted molar refractivity (Wildman–Crippen MR) is 132 cm³/mol. The summed E-state index contributed by atoms with van der Waals surface area (Å²) in [6, 6.07) is 12.7. The Morgan fingerprint density at radius 2 is 1.73 bits per heavy atom. The van der Waals surface area contributed by atoms with E-state index in [0.717, 1.165) is 5.56 Å². The lowest BCUT2D eigenvalue weighted by molar-refractivity contribution is -0.113. The van der Waals surface area contributed by atoms with Crippen LogP contribution in [-0.4, -0.2) is 42.0 Å². The van der Waals surface area contributed by atoms with Crippen molar-refractivity contribution < 1.29 is 19.1 Å². The molecule has 0 fully saturated rings. The molecule has 0 aliphatic heterocycles. The van der Waals surface area contributed by atoms with Gasteiger partial charge in [0.05, 0.1) is 25.7 Å².